The predicted octanol–water partition coefficient (Wildman–Crippen LogP) is 3.53. The SMILES string of the molecule is CC.Cc1c2c(cc3ccccc13)=CCCC=2. The maximum Gasteiger partial charge on any atom is -0.0148 e. The second-order valence-corrected chi connectivity index (χ2v) is 4.21. The third-order valence-electron chi connectivity index (χ3n) is 3.27. The van der Waals surface area contributed by atoms with Crippen LogP contribution in [-0.2, 0) is 0 Å². The molecule has 88 valence electrons. The fourth-order valence-corrected chi connectivity index (χ4v) is 2.48. The van der Waals surface area contributed by atoms with Crippen molar-refractivity contribution < 1.29 is 0 Å². The van der Waals surface area contributed by atoms with E-state index in [9.17, 15) is 0 Å². The van der Waals surface area contributed by atoms with Gasteiger partial charge >= 0.3 is 0 Å². The Kier molecular flexibility index (Phi) is 3.63. The lowest BCUT2D eigenvalue weighted by molar-refractivity contribution is 1.11. The number of benzene rings is 2. The minimum absolute atomic E-state index is 1.19. The van der Waals surface area contributed by atoms with Crippen LogP contribution in [-0.4, -0.2) is 0 Å². The summed E-state index contributed by atoms with van der Waals surface area (Å²) in [5, 5.41) is 5.61. The summed E-state index contributed by atoms with van der Waals surface area (Å²) < 4.78 is 0. The molecule has 2 aromatic rings. The molecule has 3 rings (SSSR count). The fourth-order valence-electron chi connectivity index (χ4n) is 2.48. The third kappa shape index (κ3) is 2.12. The van der Waals surface area contributed by atoms with Gasteiger partial charge in [0.1, 0.15) is 0 Å². The molecule has 0 unspecified atom stereocenters. The molecule has 0 aromatic heterocycles. The van der Waals surface area contributed by atoms with Crippen molar-refractivity contribution >= 4 is 22.9 Å². The van der Waals surface area contributed by atoms with Crippen LogP contribution < -0.4 is 10.4 Å². The number of hydrogen-bond donors (Lipinski definition) is 0. The molecule has 2 aromatic carbocycles. The van der Waals surface area contributed by atoms with Crippen molar-refractivity contribution in [2.24, 2.45) is 0 Å². The lowest BCUT2D eigenvalue weighted by Gasteiger charge is -2.07. The molecular formula is C17H20. The van der Waals surface area contributed by atoms with E-state index in [0.29, 0.717) is 0 Å². The molecule has 17 heavy (non-hydrogen) atoms. The van der Waals surface area contributed by atoms with E-state index in [1.54, 1.807) is 0 Å². The third-order valence-corrected chi connectivity index (χ3v) is 3.27. The van der Waals surface area contributed by atoms with Crippen molar-refractivity contribution in [3.63, 3.8) is 0 Å². The molecule has 0 radical (unpaired) electrons. The van der Waals surface area contributed by atoms with E-state index in [1.807, 2.05) is 13.8 Å². The highest BCUT2D eigenvalue weighted by Crippen LogP contribution is 2.13. The summed E-state index contributed by atoms with van der Waals surface area (Å²) in [6.45, 7) is 6.23. The summed E-state index contributed by atoms with van der Waals surface area (Å²) in [4.78, 5) is 0. The molecule has 0 saturated heterocycles. The predicted molar refractivity (Wildman–Crippen MR) is 77.4 cm³/mol. The normalized spacial score (nSPS) is 12.9. The monoisotopic (exact) mass is 224 g/mol. The van der Waals surface area contributed by atoms with Crippen LogP contribution in [0.5, 0.6) is 0 Å². The number of rotatable bonds is 0. The van der Waals surface area contributed by atoms with Crippen LogP contribution in [0, 0.1) is 6.92 Å². The fraction of sp³-hybridized carbons (Fsp3) is 0.294. The molecule has 1 aliphatic carbocycles. The molecule has 0 amide bonds. The summed E-state index contributed by atoms with van der Waals surface area (Å²) >= 11 is 0. The van der Waals surface area contributed by atoms with Crippen LogP contribution in [0.1, 0.15) is 32.3 Å². The first kappa shape index (κ1) is 11.9. The number of fused-ring (bicyclic) bond motifs is 2. The van der Waals surface area contributed by atoms with Crippen LogP contribution in [0.15, 0.2) is 30.3 Å². The summed E-state index contributed by atoms with van der Waals surface area (Å²) in [6, 6.07) is 11.0. The summed E-state index contributed by atoms with van der Waals surface area (Å²) in [5.41, 5.74) is 1.43. The van der Waals surface area contributed by atoms with E-state index in [4.69, 9.17) is 0 Å². The van der Waals surface area contributed by atoms with E-state index in [-0.39, 0.29) is 0 Å². The Bertz CT molecular complexity index is 633. The van der Waals surface area contributed by atoms with Gasteiger partial charge in [-0.1, -0.05) is 50.3 Å². The van der Waals surface area contributed by atoms with Crippen LogP contribution in [0.25, 0.3) is 22.9 Å². The van der Waals surface area contributed by atoms with Crippen molar-refractivity contribution in [1.82, 2.24) is 0 Å². The first-order valence-electron chi connectivity index (χ1n) is 6.55. The second kappa shape index (κ2) is 5.18. The topological polar surface area (TPSA) is 0 Å². The van der Waals surface area contributed by atoms with Crippen molar-refractivity contribution in [1.29, 1.82) is 0 Å². The van der Waals surface area contributed by atoms with Gasteiger partial charge in [0.05, 0.1) is 0 Å². The molecule has 0 heterocycles. The molecule has 0 fully saturated rings. The van der Waals surface area contributed by atoms with Gasteiger partial charge in [-0.15, -0.1) is 0 Å². The zero-order valence-electron chi connectivity index (χ0n) is 11.0. The van der Waals surface area contributed by atoms with Crippen LogP contribution in [0.4, 0.5) is 0 Å². The standard InChI is InChI=1S/C15H14.C2H6/c1-11-14-8-4-2-6-12(14)10-13-7-3-5-9-15(11)13;1-2/h2,4,6-10H,3,5H2,1H3;1-2H3. The molecule has 0 spiro atoms. The Balaban J connectivity index is 0.000000514. The summed E-state index contributed by atoms with van der Waals surface area (Å²) in [6.07, 6.45) is 7.10. The van der Waals surface area contributed by atoms with Crippen LogP contribution in [0.3, 0.4) is 0 Å². The summed E-state index contributed by atoms with van der Waals surface area (Å²) in [5.74, 6) is 0. The van der Waals surface area contributed by atoms with E-state index in [1.165, 1.54) is 39.6 Å². The van der Waals surface area contributed by atoms with Gasteiger partial charge in [-0.2, -0.15) is 0 Å². The smallest absolute Gasteiger partial charge is 0.0148 e. The van der Waals surface area contributed by atoms with Gasteiger partial charge in [-0.25, -0.2) is 0 Å². The highest BCUT2D eigenvalue weighted by atomic mass is 14.1. The second-order valence-electron chi connectivity index (χ2n) is 4.21. The van der Waals surface area contributed by atoms with Gasteiger partial charge in [0.25, 0.3) is 0 Å². The molecule has 0 nitrogen and oxygen atoms in total. The largest absolute Gasteiger partial charge is 0.0763 e. The van der Waals surface area contributed by atoms with E-state index in [0.717, 1.165) is 0 Å². The van der Waals surface area contributed by atoms with Gasteiger partial charge in [0, 0.05) is 0 Å². The van der Waals surface area contributed by atoms with E-state index in [2.05, 4.69) is 49.4 Å². The van der Waals surface area contributed by atoms with Crippen molar-refractivity contribution in [2.45, 2.75) is 33.6 Å². The van der Waals surface area contributed by atoms with Gasteiger partial charge in [0.2, 0.25) is 0 Å². The van der Waals surface area contributed by atoms with Crippen molar-refractivity contribution in [3.05, 3.63) is 46.3 Å². The average molecular weight is 224 g/mol. The van der Waals surface area contributed by atoms with Gasteiger partial charge in [-0.3, -0.25) is 0 Å². The minimum Gasteiger partial charge on any atom is -0.0763 e. The lowest BCUT2D eigenvalue weighted by atomic mass is 9.98. The Hall–Kier alpha value is -1.56. The highest BCUT2D eigenvalue weighted by Gasteiger charge is 2.01. The molecule has 0 aliphatic heterocycles. The minimum atomic E-state index is 1.19. The Morgan fingerprint density at radius 3 is 2.47 bits per heavy atom. The van der Waals surface area contributed by atoms with Crippen molar-refractivity contribution in [2.75, 3.05) is 0 Å². The van der Waals surface area contributed by atoms with Gasteiger partial charge < -0.3 is 0 Å². The highest BCUT2D eigenvalue weighted by molar-refractivity contribution is 5.86. The van der Waals surface area contributed by atoms with Gasteiger partial charge in [-0.05, 0) is 52.6 Å². The zero-order valence-corrected chi connectivity index (χ0v) is 11.0. The maximum absolute atomic E-state index is 2.37. The maximum atomic E-state index is 2.37. The molecule has 0 bridgehead atoms. The van der Waals surface area contributed by atoms with E-state index >= 15 is 0 Å². The van der Waals surface area contributed by atoms with Gasteiger partial charge in [0.15, 0.2) is 0 Å². The number of hydrogen-bond acceptors (Lipinski definition) is 0. The Morgan fingerprint density at radius 1 is 0.941 bits per heavy atom. The average Bonchev–Trinajstić information content (AvgIpc) is 2.41. The molecule has 0 N–H and O–H groups in total. The van der Waals surface area contributed by atoms with Crippen molar-refractivity contribution in [3.8, 4) is 0 Å². The Morgan fingerprint density at radius 2 is 1.65 bits per heavy atom. The first-order valence-corrected chi connectivity index (χ1v) is 6.55. The number of aryl methyl sites for hydroxylation is 1. The molecule has 0 atom stereocenters. The van der Waals surface area contributed by atoms with E-state index < -0.39 is 0 Å². The lowest BCUT2D eigenvalue weighted by Crippen LogP contribution is -2.29. The summed E-state index contributed by atoms with van der Waals surface area (Å²) in [7, 11) is 0. The molecular weight excluding hydrogens is 204 g/mol. The molecule has 1 aliphatic rings. The molecule has 0 heteroatoms. The zero-order chi connectivity index (χ0) is 12.3. The van der Waals surface area contributed by atoms with Crippen LogP contribution >= 0.6 is 0 Å². The quantitative estimate of drug-likeness (QED) is 0.642. The molecule has 0 saturated carbocycles. The Labute approximate surface area is 103 Å². The van der Waals surface area contributed by atoms with Crippen LogP contribution in [0.2, 0.25) is 0 Å². The first-order chi connectivity index (χ1) is 8.36.